The molecule has 3 aromatic rings. The van der Waals surface area contributed by atoms with E-state index in [1.165, 1.54) is 5.56 Å². The number of rotatable bonds is 5. The minimum absolute atomic E-state index is 0.0916. The fourth-order valence-electron chi connectivity index (χ4n) is 3.81. The molecule has 156 valence electrons. The molecule has 1 amide bonds. The third kappa shape index (κ3) is 4.22. The number of ether oxygens (including phenoxy) is 1. The van der Waals surface area contributed by atoms with Gasteiger partial charge < -0.3 is 14.2 Å². The zero-order valence-electron chi connectivity index (χ0n) is 17.7. The number of methoxy groups -OCH3 is 1. The van der Waals surface area contributed by atoms with Crippen molar-refractivity contribution in [3.05, 3.63) is 65.5 Å². The highest BCUT2D eigenvalue weighted by Gasteiger charge is 2.27. The summed E-state index contributed by atoms with van der Waals surface area (Å²) in [6, 6.07) is 15.5. The van der Waals surface area contributed by atoms with Crippen molar-refractivity contribution in [2.45, 2.75) is 38.5 Å². The van der Waals surface area contributed by atoms with Crippen LogP contribution in [-0.2, 0) is 0 Å². The molecule has 2 aromatic carbocycles. The second-order valence-corrected chi connectivity index (χ2v) is 8.03. The van der Waals surface area contributed by atoms with Crippen LogP contribution in [0.2, 0.25) is 0 Å². The molecule has 0 aliphatic carbocycles. The average Bonchev–Trinajstić information content (AvgIpc) is 3.29. The molecule has 6 nitrogen and oxygen atoms in total. The van der Waals surface area contributed by atoms with Gasteiger partial charge in [-0.15, -0.1) is 0 Å². The highest BCUT2D eigenvalue weighted by molar-refractivity contribution is 5.94. The molecule has 0 saturated carbocycles. The topological polar surface area (TPSA) is 68.5 Å². The van der Waals surface area contributed by atoms with Gasteiger partial charge in [-0.2, -0.15) is 4.98 Å². The highest BCUT2D eigenvalue weighted by atomic mass is 16.5. The number of hydrogen-bond acceptors (Lipinski definition) is 5. The lowest BCUT2D eigenvalue weighted by atomic mass is 9.95. The normalized spacial score (nSPS) is 14.9. The summed E-state index contributed by atoms with van der Waals surface area (Å²) >= 11 is 0. The molecule has 6 heteroatoms. The molecule has 1 aliphatic rings. The van der Waals surface area contributed by atoms with Gasteiger partial charge in [-0.25, -0.2) is 0 Å². The Morgan fingerprint density at radius 3 is 2.53 bits per heavy atom. The van der Waals surface area contributed by atoms with E-state index >= 15 is 0 Å². The number of carbonyl (C=O) groups excluding carboxylic acids is 1. The number of nitrogens with zero attached hydrogens (tertiary/aromatic N) is 3. The molecule has 1 aliphatic heterocycles. The quantitative estimate of drug-likeness (QED) is 0.605. The van der Waals surface area contributed by atoms with E-state index in [4.69, 9.17) is 9.26 Å². The molecular formula is C24H27N3O3. The van der Waals surface area contributed by atoms with Gasteiger partial charge in [0.25, 0.3) is 11.8 Å². The molecule has 1 aromatic heterocycles. The number of benzene rings is 2. The predicted molar refractivity (Wildman–Crippen MR) is 115 cm³/mol. The van der Waals surface area contributed by atoms with Crippen LogP contribution in [0.25, 0.3) is 11.5 Å². The zero-order chi connectivity index (χ0) is 21.1. The van der Waals surface area contributed by atoms with E-state index in [2.05, 4.69) is 24.0 Å². The predicted octanol–water partition coefficient (Wildman–Crippen LogP) is 4.89. The van der Waals surface area contributed by atoms with Gasteiger partial charge in [0.2, 0.25) is 0 Å². The van der Waals surface area contributed by atoms with Crippen LogP contribution in [0.1, 0.15) is 60.3 Å². The van der Waals surface area contributed by atoms with Crippen molar-refractivity contribution >= 4 is 5.91 Å². The standard InChI is InChI=1S/C24H27N3O3/c1-16(2)17-7-9-19(10-8-17)24(28)27-13-11-18(12-14-27)22-25-23(30-26-22)20-5-4-6-21(15-20)29-3/h4-10,15-16,18H,11-14H2,1-3H3. The van der Waals surface area contributed by atoms with Crippen molar-refractivity contribution in [1.29, 1.82) is 0 Å². The van der Waals surface area contributed by atoms with Crippen LogP contribution in [0.5, 0.6) is 5.75 Å². The third-order valence-electron chi connectivity index (χ3n) is 5.73. The monoisotopic (exact) mass is 405 g/mol. The van der Waals surface area contributed by atoms with E-state index in [1.54, 1.807) is 7.11 Å². The largest absolute Gasteiger partial charge is 0.497 e. The summed E-state index contributed by atoms with van der Waals surface area (Å²) in [6.07, 6.45) is 1.65. The first-order valence-corrected chi connectivity index (χ1v) is 10.4. The minimum atomic E-state index is 0.0916. The van der Waals surface area contributed by atoms with E-state index in [0.717, 1.165) is 29.7 Å². The van der Waals surface area contributed by atoms with E-state index in [1.807, 2.05) is 53.4 Å². The maximum absolute atomic E-state index is 12.8. The van der Waals surface area contributed by atoms with Crippen LogP contribution < -0.4 is 4.74 Å². The minimum Gasteiger partial charge on any atom is -0.497 e. The summed E-state index contributed by atoms with van der Waals surface area (Å²) in [6.45, 7) is 5.69. The van der Waals surface area contributed by atoms with Crippen molar-refractivity contribution in [2.24, 2.45) is 0 Å². The van der Waals surface area contributed by atoms with E-state index in [9.17, 15) is 4.79 Å². The van der Waals surface area contributed by atoms with E-state index in [0.29, 0.717) is 30.7 Å². The van der Waals surface area contributed by atoms with Gasteiger partial charge in [-0.1, -0.05) is 37.2 Å². The Labute approximate surface area is 176 Å². The van der Waals surface area contributed by atoms with Gasteiger partial charge in [0.05, 0.1) is 7.11 Å². The van der Waals surface area contributed by atoms with E-state index < -0.39 is 0 Å². The molecule has 0 radical (unpaired) electrons. The first kappa shape index (κ1) is 20.1. The van der Waals surface area contributed by atoms with Gasteiger partial charge in [0.15, 0.2) is 5.82 Å². The van der Waals surface area contributed by atoms with Crippen LogP contribution in [-0.4, -0.2) is 41.1 Å². The lowest BCUT2D eigenvalue weighted by Gasteiger charge is -2.30. The van der Waals surface area contributed by atoms with Gasteiger partial charge in [0.1, 0.15) is 5.75 Å². The fraction of sp³-hybridized carbons (Fsp3) is 0.375. The molecular weight excluding hydrogens is 378 g/mol. The van der Waals surface area contributed by atoms with Crippen molar-refractivity contribution in [1.82, 2.24) is 15.0 Å². The highest BCUT2D eigenvalue weighted by Crippen LogP contribution is 2.29. The van der Waals surface area contributed by atoms with Crippen molar-refractivity contribution in [2.75, 3.05) is 20.2 Å². The molecule has 0 N–H and O–H groups in total. The molecule has 30 heavy (non-hydrogen) atoms. The third-order valence-corrected chi connectivity index (χ3v) is 5.73. The number of aromatic nitrogens is 2. The number of piperidine rings is 1. The maximum atomic E-state index is 12.8. The molecule has 0 bridgehead atoms. The number of hydrogen-bond donors (Lipinski definition) is 0. The second-order valence-electron chi connectivity index (χ2n) is 8.03. The summed E-state index contributed by atoms with van der Waals surface area (Å²) in [5, 5.41) is 4.20. The Morgan fingerprint density at radius 1 is 1.13 bits per heavy atom. The van der Waals surface area contributed by atoms with Crippen molar-refractivity contribution in [3.8, 4) is 17.2 Å². The Bertz CT molecular complexity index is 1000. The Morgan fingerprint density at radius 2 is 1.87 bits per heavy atom. The summed E-state index contributed by atoms with van der Waals surface area (Å²) in [7, 11) is 1.63. The van der Waals surface area contributed by atoms with Crippen LogP contribution in [0.4, 0.5) is 0 Å². The van der Waals surface area contributed by atoms with Crippen LogP contribution in [0.15, 0.2) is 53.1 Å². The van der Waals surface area contributed by atoms with Crippen LogP contribution in [0.3, 0.4) is 0 Å². The molecule has 1 fully saturated rings. The number of likely N-dealkylation sites (tertiary alicyclic amines) is 1. The summed E-state index contributed by atoms with van der Waals surface area (Å²) < 4.78 is 10.7. The first-order chi connectivity index (χ1) is 14.5. The van der Waals surface area contributed by atoms with Gasteiger partial charge in [-0.3, -0.25) is 4.79 Å². The smallest absolute Gasteiger partial charge is 0.258 e. The van der Waals surface area contributed by atoms with Crippen molar-refractivity contribution < 1.29 is 14.1 Å². The maximum Gasteiger partial charge on any atom is 0.258 e. The van der Waals surface area contributed by atoms with Gasteiger partial charge in [-0.05, 0) is 54.7 Å². The number of amides is 1. The van der Waals surface area contributed by atoms with Crippen LogP contribution >= 0.6 is 0 Å². The second kappa shape index (κ2) is 8.69. The molecule has 4 rings (SSSR count). The summed E-state index contributed by atoms with van der Waals surface area (Å²) in [5.74, 6) is 2.70. The van der Waals surface area contributed by atoms with Crippen LogP contribution in [0, 0.1) is 0 Å². The lowest BCUT2D eigenvalue weighted by molar-refractivity contribution is 0.0710. The van der Waals surface area contributed by atoms with Crippen molar-refractivity contribution in [3.63, 3.8) is 0 Å². The molecule has 0 atom stereocenters. The Balaban J connectivity index is 1.38. The van der Waals surface area contributed by atoms with Gasteiger partial charge >= 0.3 is 0 Å². The summed E-state index contributed by atoms with van der Waals surface area (Å²) in [5.41, 5.74) is 2.83. The molecule has 0 spiro atoms. The van der Waals surface area contributed by atoms with Gasteiger partial charge in [0, 0.05) is 30.1 Å². The van der Waals surface area contributed by atoms with E-state index in [-0.39, 0.29) is 11.8 Å². The summed E-state index contributed by atoms with van der Waals surface area (Å²) in [4.78, 5) is 19.4. The Kier molecular flexibility index (Phi) is 5.84. The molecule has 0 unspecified atom stereocenters. The Hall–Kier alpha value is -3.15. The number of carbonyl (C=O) groups is 1. The SMILES string of the molecule is COc1cccc(-c2nc(C3CCN(C(=O)c4ccc(C(C)C)cc4)CC3)no2)c1. The first-order valence-electron chi connectivity index (χ1n) is 10.4. The fourth-order valence-corrected chi connectivity index (χ4v) is 3.81. The average molecular weight is 405 g/mol. The molecule has 2 heterocycles. The lowest BCUT2D eigenvalue weighted by Crippen LogP contribution is -2.38. The molecule has 1 saturated heterocycles. The zero-order valence-corrected chi connectivity index (χ0v) is 17.7.